The van der Waals surface area contributed by atoms with Crippen LogP contribution in [-0.4, -0.2) is 63.9 Å². The number of carbonyl (C=O) groups is 1. The van der Waals surface area contributed by atoms with Gasteiger partial charge in [-0.2, -0.15) is 0 Å². The summed E-state index contributed by atoms with van der Waals surface area (Å²) in [5.74, 6) is 1.77. The predicted octanol–water partition coefficient (Wildman–Crippen LogP) is 3.14. The third-order valence-electron chi connectivity index (χ3n) is 5.25. The number of hydrogen-bond acceptors (Lipinski definition) is 6. The minimum Gasteiger partial charge on any atom is -0.497 e. The standard InChI is InChI=1S/C21H21N5O2S/c1-28-14-6-7-15-17(12-14)23-19(22-15)13-25-8-10-26(11-9-25)21(27)20-24-16-4-2-3-5-18(16)29-20/h2-7,12H,8-11,13H2,1H3,(H,22,23). The van der Waals surface area contributed by atoms with Gasteiger partial charge in [-0.15, -0.1) is 11.3 Å². The van der Waals surface area contributed by atoms with Crippen molar-refractivity contribution in [2.45, 2.75) is 6.54 Å². The summed E-state index contributed by atoms with van der Waals surface area (Å²) in [4.78, 5) is 29.6. The van der Waals surface area contributed by atoms with Gasteiger partial charge in [-0.1, -0.05) is 12.1 Å². The smallest absolute Gasteiger partial charge is 0.282 e. The number of aromatic amines is 1. The van der Waals surface area contributed by atoms with E-state index in [4.69, 9.17) is 4.74 Å². The number of thiazole rings is 1. The molecule has 2 aromatic carbocycles. The summed E-state index contributed by atoms with van der Waals surface area (Å²) < 4.78 is 6.32. The molecule has 0 aliphatic carbocycles. The van der Waals surface area contributed by atoms with E-state index in [-0.39, 0.29) is 5.91 Å². The Hall–Kier alpha value is -2.97. The maximum atomic E-state index is 12.8. The third kappa shape index (κ3) is 3.56. The average molecular weight is 407 g/mol. The third-order valence-corrected chi connectivity index (χ3v) is 6.27. The quantitative estimate of drug-likeness (QED) is 0.563. The molecule has 29 heavy (non-hydrogen) atoms. The number of hydrogen-bond donors (Lipinski definition) is 1. The number of aromatic nitrogens is 3. The van der Waals surface area contributed by atoms with Crippen molar-refractivity contribution in [2.24, 2.45) is 0 Å². The van der Waals surface area contributed by atoms with E-state index >= 15 is 0 Å². The second kappa shape index (κ2) is 7.46. The van der Waals surface area contributed by atoms with Gasteiger partial charge >= 0.3 is 0 Å². The zero-order valence-electron chi connectivity index (χ0n) is 16.1. The molecule has 5 rings (SSSR count). The Morgan fingerprint density at radius 2 is 1.93 bits per heavy atom. The average Bonchev–Trinajstić information content (AvgIpc) is 3.36. The van der Waals surface area contributed by atoms with Crippen molar-refractivity contribution in [1.82, 2.24) is 24.8 Å². The zero-order valence-corrected chi connectivity index (χ0v) is 16.9. The van der Waals surface area contributed by atoms with Crippen LogP contribution < -0.4 is 4.74 Å². The van der Waals surface area contributed by atoms with Crippen LogP contribution in [0, 0.1) is 0 Å². The number of imidazole rings is 1. The molecular formula is C21H21N5O2S. The molecule has 8 heteroatoms. The highest BCUT2D eigenvalue weighted by Crippen LogP contribution is 2.23. The highest BCUT2D eigenvalue weighted by molar-refractivity contribution is 7.20. The molecule has 0 saturated carbocycles. The van der Waals surface area contributed by atoms with Gasteiger partial charge in [0.05, 0.1) is 34.9 Å². The van der Waals surface area contributed by atoms with Gasteiger partial charge in [-0.3, -0.25) is 9.69 Å². The van der Waals surface area contributed by atoms with Crippen LogP contribution in [-0.2, 0) is 6.54 Å². The first-order chi connectivity index (χ1) is 14.2. The van der Waals surface area contributed by atoms with Gasteiger partial charge in [0.25, 0.3) is 5.91 Å². The number of rotatable bonds is 4. The Bertz CT molecular complexity index is 1140. The van der Waals surface area contributed by atoms with Gasteiger partial charge in [0.2, 0.25) is 0 Å². The summed E-state index contributed by atoms with van der Waals surface area (Å²) in [6.45, 7) is 3.76. The lowest BCUT2D eigenvalue weighted by Crippen LogP contribution is -2.48. The first-order valence-corrected chi connectivity index (χ1v) is 10.4. The van der Waals surface area contributed by atoms with Crippen LogP contribution in [0.5, 0.6) is 5.75 Å². The number of amides is 1. The van der Waals surface area contributed by atoms with E-state index in [2.05, 4.69) is 19.9 Å². The van der Waals surface area contributed by atoms with Crippen molar-refractivity contribution < 1.29 is 9.53 Å². The topological polar surface area (TPSA) is 74.3 Å². The predicted molar refractivity (Wildman–Crippen MR) is 113 cm³/mol. The van der Waals surface area contributed by atoms with Crippen LogP contribution in [0.4, 0.5) is 0 Å². The fraction of sp³-hybridized carbons (Fsp3) is 0.286. The second-order valence-corrected chi connectivity index (χ2v) is 8.15. The molecule has 2 aromatic heterocycles. The molecule has 0 unspecified atom stereocenters. The van der Waals surface area contributed by atoms with E-state index in [1.165, 1.54) is 11.3 Å². The SMILES string of the molecule is COc1ccc2nc(CN3CCN(C(=O)c4nc5ccccc5s4)CC3)[nH]c2c1. The van der Waals surface area contributed by atoms with E-state index in [1.54, 1.807) is 7.11 Å². The number of carbonyl (C=O) groups excluding carboxylic acids is 1. The summed E-state index contributed by atoms with van der Waals surface area (Å²) in [7, 11) is 1.66. The molecule has 1 saturated heterocycles. The van der Waals surface area contributed by atoms with Crippen molar-refractivity contribution in [1.29, 1.82) is 0 Å². The minimum absolute atomic E-state index is 0.0293. The number of benzene rings is 2. The molecule has 1 aliphatic heterocycles. The monoisotopic (exact) mass is 407 g/mol. The summed E-state index contributed by atoms with van der Waals surface area (Å²) in [5, 5.41) is 0.575. The largest absolute Gasteiger partial charge is 0.497 e. The Morgan fingerprint density at radius 1 is 1.10 bits per heavy atom. The first kappa shape index (κ1) is 18.1. The fourth-order valence-corrected chi connectivity index (χ4v) is 4.60. The van der Waals surface area contributed by atoms with Crippen molar-refractivity contribution in [3.05, 3.63) is 53.3 Å². The Labute approximate surface area is 171 Å². The van der Waals surface area contributed by atoms with Crippen LogP contribution in [0.2, 0.25) is 0 Å². The Balaban J connectivity index is 1.22. The maximum Gasteiger partial charge on any atom is 0.282 e. The Morgan fingerprint density at radius 3 is 2.72 bits per heavy atom. The van der Waals surface area contributed by atoms with Crippen LogP contribution in [0.25, 0.3) is 21.3 Å². The van der Waals surface area contributed by atoms with Gasteiger partial charge in [0, 0.05) is 32.2 Å². The van der Waals surface area contributed by atoms with E-state index < -0.39 is 0 Å². The first-order valence-electron chi connectivity index (χ1n) is 9.59. The van der Waals surface area contributed by atoms with Gasteiger partial charge in [-0.05, 0) is 24.3 Å². The number of nitrogens with zero attached hydrogens (tertiary/aromatic N) is 4. The molecule has 0 atom stereocenters. The molecule has 1 fully saturated rings. The molecule has 7 nitrogen and oxygen atoms in total. The van der Waals surface area contributed by atoms with Crippen LogP contribution in [0.15, 0.2) is 42.5 Å². The normalized spacial score (nSPS) is 15.3. The number of ether oxygens (including phenoxy) is 1. The lowest BCUT2D eigenvalue weighted by Gasteiger charge is -2.33. The van der Waals surface area contributed by atoms with E-state index in [1.807, 2.05) is 47.4 Å². The molecule has 1 aliphatic rings. The number of methoxy groups -OCH3 is 1. The summed E-state index contributed by atoms with van der Waals surface area (Å²) in [6.07, 6.45) is 0. The Kier molecular flexibility index (Phi) is 4.65. The lowest BCUT2D eigenvalue weighted by atomic mass is 10.3. The van der Waals surface area contributed by atoms with Crippen molar-refractivity contribution in [3.63, 3.8) is 0 Å². The molecule has 1 amide bonds. The summed E-state index contributed by atoms with van der Waals surface area (Å²) >= 11 is 1.47. The second-order valence-electron chi connectivity index (χ2n) is 7.12. The molecule has 0 spiro atoms. The highest BCUT2D eigenvalue weighted by atomic mass is 32.1. The van der Waals surface area contributed by atoms with Crippen LogP contribution in [0.3, 0.4) is 0 Å². The number of fused-ring (bicyclic) bond motifs is 2. The van der Waals surface area contributed by atoms with Gasteiger partial charge < -0.3 is 14.6 Å². The lowest BCUT2D eigenvalue weighted by molar-refractivity contribution is 0.0626. The number of para-hydroxylation sites is 1. The zero-order chi connectivity index (χ0) is 19.8. The molecule has 4 aromatic rings. The van der Waals surface area contributed by atoms with Crippen molar-refractivity contribution >= 4 is 38.5 Å². The molecule has 148 valence electrons. The van der Waals surface area contributed by atoms with Crippen molar-refractivity contribution in [3.8, 4) is 5.75 Å². The summed E-state index contributed by atoms with van der Waals surface area (Å²) in [5.41, 5.74) is 2.80. The van der Waals surface area contributed by atoms with Gasteiger partial charge in [-0.25, -0.2) is 9.97 Å². The molecular weight excluding hydrogens is 386 g/mol. The number of nitrogens with one attached hydrogen (secondary N) is 1. The van der Waals surface area contributed by atoms with Crippen LogP contribution in [0.1, 0.15) is 15.6 Å². The van der Waals surface area contributed by atoms with Crippen LogP contribution >= 0.6 is 11.3 Å². The van der Waals surface area contributed by atoms with Crippen molar-refractivity contribution in [2.75, 3.05) is 33.3 Å². The highest BCUT2D eigenvalue weighted by Gasteiger charge is 2.25. The maximum absolute atomic E-state index is 12.8. The number of piperazine rings is 1. The van der Waals surface area contributed by atoms with Gasteiger partial charge in [0.1, 0.15) is 11.6 Å². The molecule has 3 heterocycles. The summed E-state index contributed by atoms with van der Waals surface area (Å²) in [6, 6.07) is 13.7. The van der Waals surface area contributed by atoms with E-state index in [0.29, 0.717) is 18.1 Å². The van der Waals surface area contributed by atoms with E-state index in [9.17, 15) is 4.79 Å². The molecule has 0 radical (unpaired) electrons. The molecule has 0 bridgehead atoms. The van der Waals surface area contributed by atoms with E-state index in [0.717, 1.165) is 52.5 Å². The fourth-order valence-electron chi connectivity index (χ4n) is 3.66. The number of H-pyrrole nitrogens is 1. The van der Waals surface area contributed by atoms with Gasteiger partial charge in [0.15, 0.2) is 5.01 Å². The molecule has 1 N–H and O–H groups in total. The minimum atomic E-state index is 0.0293.